The number of carbonyl (C=O) groups is 1. The minimum Gasteiger partial charge on any atom is -0.398 e. The third kappa shape index (κ3) is 4.09. The molecule has 1 atom stereocenters. The van der Waals surface area contributed by atoms with E-state index in [9.17, 15) is 4.79 Å². The molecule has 3 nitrogen and oxygen atoms in total. The molecule has 0 radical (unpaired) electrons. The maximum Gasteiger partial charge on any atom is 0.255 e. The maximum absolute atomic E-state index is 12.7. The highest BCUT2D eigenvalue weighted by Crippen LogP contribution is 2.35. The van der Waals surface area contributed by atoms with Gasteiger partial charge in [-0.3, -0.25) is 4.79 Å². The summed E-state index contributed by atoms with van der Waals surface area (Å²) in [6.45, 7) is 3.92. The number of carbonyl (C=O) groups excluding carboxylic acids is 1. The summed E-state index contributed by atoms with van der Waals surface area (Å²) in [4.78, 5) is 14.6. The van der Waals surface area contributed by atoms with Gasteiger partial charge in [-0.2, -0.15) is 0 Å². The fraction of sp³-hybridized carbons (Fsp3) is 0.350. The van der Waals surface area contributed by atoms with Gasteiger partial charge in [-0.1, -0.05) is 49.4 Å². The third-order valence-electron chi connectivity index (χ3n) is 4.90. The molecule has 128 valence electrons. The molecule has 0 aromatic heterocycles. The van der Waals surface area contributed by atoms with E-state index in [-0.39, 0.29) is 23.7 Å². The second-order valence-electron chi connectivity index (χ2n) is 6.86. The summed E-state index contributed by atoms with van der Waals surface area (Å²) >= 11 is 0. The minimum atomic E-state index is 0. The molecule has 4 heteroatoms. The molecule has 2 N–H and O–H groups in total. The zero-order valence-electron chi connectivity index (χ0n) is 14.1. The summed E-state index contributed by atoms with van der Waals surface area (Å²) in [5, 5.41) is 0. The van der Waals surface area contributed by atoms with Crippen molar-refractivity contribution in [3.05, 3.63) is 65.7 Å². The van der Waals surface area contributed by atoms with Crippen LogP contribution < -0.4 is 5.73 Å². The molecule has 2 aromatic rings. The van der Waals surface area contributed by atoms with Gasteiger partial charge >= 0.3 is 0 Å². The van der Waals surface area contributed by atoms with Crippen molar-refractivity contribution in [2.24, 2.45) is 5.41 Å². The van der Waals surface area contributed by atoms with Crippen molar-refractivity contribution >= 4 is 24.0 Å². The van der Waals surface area contributed by atoms with Crippen molar-refractivity contribution in [2.45, 2.75) is 26.2 Å². The number of benzene rings is 2. The highest BCUT2D eigenvalue weighted by Gasteiger charge is 2.36. The van der Waals surface area contributed by atoms with Gasteiger partial charge in [0.25, 0.3) is 5.91 Å². The number of para-hydroxylation sites is 1. The van der Waals surface area contributed by atoms with E-state index in [0.29, 0.717) is 11.3 Å². The van der Waals surface area contributed by atoms with Gasteiger partial charge in [-0.05, 0) is 42.4 Å². The van der Waals surface area contributed by atoms with Gasteiger partial charge in [0.2, 0.25) is 0 Å². The van der Waals surface area contributed by atoms with Gasteiger partial charge in [-0.15, -0.1) is 12.4 Å². The van der Waals surface area contributed by atoms with E-state index in [1.165, 1.54) is 5.56 Å². The lowest BCUT2D eigenvalue weighted by molar-refractivity contribution is 0.0775. The van der Waals surface area contributed by atoms with E-state index >= 15 is 0 Å². The zero-order valence-corrected chi connectivity index (χ0v) is 14.9. The van der Waals surface area contributed by atoms with Gasteiger partial charge in [0.15, 0.2) is 0 Å². The highest BCUT2D eigenvalue weighted by atomic mass is 35.5. The Morgan fingerprint density at radius 3 is 2.50 bits per heavy atom. The largest absolute Gasteiger partial charge is 0.398 e. The normalized spacial score (nSPS) is 19.8. The van der Waals surface area contributed by atoms with Crippen LogP contribution in [0.5, 0.6) is 0 Å². The second kappa shape index (κ2) is 7.71. The van der Waals surface area contributed by atoms with Crippen LogP contribution in [0.3, 0.4) is 0 Å². The first-order valence-electron chi connectivity index (χ1n) is 8.25. The first-order valence-corrected chi connectivity index (χ1v) is 8.25. The molecule has 1 heterocycles. The van der Waals surface area contributed by atoms with Crippen LogP contribution in [0, 0.1) is 5.41 Å². The lowest BCUT2D eigenvalue weighted by Gasteiger charge is -2.25. The highest BCUT2D eigenvalue weighted by molar-refractivity contribution is 5.99. The molecule has 3 rings (SSSR count). The third-order valence-corrected chi connectivity index (χ3v) is 4.90. The van der Waals surface area contributed by atoms with Crippen LogP contribution in [-0.2, 0) is 6.42 Å². The van der Waals surface area contributed by atoms with Crippen LogP contribution in [0.1, 0.15) is 35.7 Å². The Bertz CT molecular complexity index is 689. The van der Waals surface area contributed by atoms with Crippen LogP contribution >= 0.6 is 12.4 Å². The first kappa shape index (κ1) is 18.3. The Labute approximate surface area is 150 Å². The number of nitrogen functional groups attached to an aromatic ring is 1. The van der Waals surface area contributed by atoms with E-state index in [2.05, 4.69) is 31.2 Å². The molecule has 0 bridgehead atoms. The zero-order chi connectivity index (χ0) is 16.3. The number of amides is 1. The topological polar surface area (TPSA) is 46.3 Å². The van der Waals surface area contributed by atoms with Crippen molar-refractivity contribution in [1.29, 1.82) is 0 Å². The second-order valence-corrected chi connectivity index (χ2v) is 6.86. The van der Waals surface area contributed by atoms with Gasteiger partial charge in [0, 0.05) is 18.8 Å². The predicted octanol–water partition coefficient (Wildman–Crippen LogP) is 4.18. The number of hydrogen-bond donors (Lipinski definition) is 1. The molecular weight excluding hydrogens is 320 g/mol. The number of halogens is 1. The molecule has 1 unspecified atom stereocenters. The summed E-state index contributed by atoms with van der Waals surface area (Å²) in [5.74, 6) is 0.0616. The van der Waals surface area contributed by atoms with Crippen molar-refractivity contribution in [3.63, 3.8) is 0 Å². The lowest BCUT2D eigenvalue weighted by Crippen LogP contribution is -2.31. The molecule has 2 aromatic carbocycles. The molecule has 0 aliphatic carbocycles. The van der Waals surface area contributed by atoms with E-state index in [4.69, 9.17) is 5.73 Å². The fourth-order valence-corrected chi connectivity index (χ4v) is 3.35. The first-order chi connectivity index (χ1) is 11.1. The quantitative estimate of drug-likeness (QED) is 0.846. The summed E-state index contributed by atoms with van der Waals surface area (Å²) in [6.07, 6.45) is 3.22. The maximum atomic E-state index is 12.7. The Kier molecular flexibility index (Phi) is 5.89. The number of nitrogens with zero attached hydrogens (tertiary/aromatic N) is 1. The van der Waals surface area contributed by atoms with Gasteiger partial charge in [-0.25, -0.2) is 0 Å². The smallest absolute Gasteiger partial charge is 0.255 e. The van der Waals surface area contributed by atoms with E-state index in [1.54, 1.807) is 6.07 Å². The van der Waals surface area contributed by atoms with Crippen LogP contribution in [0.15, 0.2) is 54.6 Å². The number of aryl methyl sites for hydroxylation is 1. The summed E-state index contributed by atoms with van der Waals surface area (Å²) in [5.41, 5.74) is 8.69. The number of nitrogens with two attached hydrogens (primary N) is 1. The van der Waals surface area contributed by atoms with Crippen LogP contribution in [-0.4, -0.2) is 23.9 Å². The van der Waals surface area contributed by atoms with E-state index in [0.717, 1.165) is 32.4 Å². The molecule has 1 aliphatic heterocycles. The summed E-state index contributed by atoms with van der Waals surface area (Å²) < 4.78 is 0. The van der Waals surface area contributed by atoms with Crippen molar-refractivity contribution < 1.29 is 4.79 Å². The molecule has 1 saturated heterocycles. The number of anilines is 1. The standard InChI is InChI=1S/C20H24N2O.ClH/c1-20(12-11-16-7-3-2-4-8-16)13-14-22(15-20)19(23)17-9-5-6-10-18(17)21;/h2-10H,11-15,21H2,1H3;1H. The molecule has 0 spiro atoms. The van der Waals surface area contributed by atoms with Crippen molar-refractivity contribution in [1.82, 2.24) is 4.90 Å². The van der Waals surface area contributed by atoms with Gasteiger partial charge in [0.05, 0.1) is 5.56 Å². The van der Waals surface area contributed by atoms with Gasteiger partial charge < -0.3 is 10.6 Å². The summed E-state index contributed by atoms with van der Waals surface area (Å²) in [7, 11) is 0. The molecular formula is C20H25ClN2O. The minimum absolute atomic E-state index is 0. The average molecular weight is 345 g/mol. The summed E-state index contributed by atoms with van der Waals surface area (Å²) in [6, 6.07) is 17.9. The Morgan fingerprint density at radius 1 is 1.12 bits per heavy atom. The van der Waals surface area contributed by atoms with Crippen LogP contribution in [0.2, 0.25) is 0 Å². The number of hydrogen-bond acceptors (Lipinski definition) is 2. The van der Waals surface area contributed by atoms with Crippen molar-refractivity contribution in [3.8, 4) is 0 Å². The molecule has 24 heavy (non-hydrogen) atoms. The Morgan fingerprint density at radius 2 is 1.79 bits per heavy atom. The van der Waals surface area contributed by atoms with Crippen LogP contribution in [0.4, 0.5) is 5.69 Å². The monoisotopic (exact) mass is 344 g/mol. The molecule has 0 saturated carbocycles. The average Bonchev–Trinajstić information content (AvgIpc) is 2.97. The number of likely N-dealkylation sites (tertiary alicyclic amines) is 1. The van der Waals surface area contributed by atoms with E-state index < -0.39 is 0 Å². The Balaban J connectivity index is 0.00000208. The lowest BCUT2D eigenvalue weighted by atomic mass is 9.83. The fourth-order valence-electron chi connectivity index (χ4n) is 3.35. The Hall–Kier alpha value is -2.00. The number of rotatable bonds is 4. The molecule has 1 fully saturated rings. The SMILES string of the molecule is CC1(CCc2ccccc2)CCN(C(=O)c2ccccc2N)C1.Cl. The van der Waals surface area contributed by atoms with E-state index in [1.807, 2.05) is 29.2 Å². The van der Waals surface area contributed by atoms with Crippen molar-refractivity contribution in [2.75, 3.05) is 18.8 Å². The molecule has 1 aliphatic rings. The molecule has 1 amide bonds. The van der Waals surface area contributed by atoms with Crippen LogP contribution in [0.25, 0.3) is 0 Å². The van der Waals surface area contributed by atoms with Gasteiger partial charge in [0.1, 0.15) is 0 Å². The predicted molar refractivity (Wildman–Crippen MR) is 101 cm³/mol.